The second kappa shape index (κ2) is 16.6. The number of rotatable bonds is 5. The zero-order valence-corrected chi connectivity index (χ0v) is 32.3. The molecule has 2 aliphatic heterocycles. The number of nitrogens with zero attached hydrogens (tertiary/aromatic N) is 5. The van der Waals surface area contributed by atoms with E-state index < -0.39 is 53.1 Å². The maximum absolute atomic E-state index is 14.8. The Morgan fingerprint density at radius 3 is 2.24 bits per heavy atom. The molecule has 4 fully saturated rings. The van der Waals surface area contributed by atoms with Crippen molar-refractivity contribution in [2.24, 2.45) is 17.8 Å². The third kappa shape index (κ3) is 8.90. The average Bonchev–Trinajstić information content (AvgIpc) is 3.67. The number of hydrogen-bond donors (Lipinski definition) is 3. The van der Waals surface area contributed by atoms with Crippen molar-refractivity contribution in [2.75, 3.05) is 6.54 Å². The van der Waals surface area contributed by atoms with E-state index in [-0.39, 0.29) is 54.5 Å². The standard InChI is InChI=1S/C41H55N7O7/c1-40(2,3)55-39(54)45-32-10-8-6-4-5-7-9-29-20-41(29,38(52)53)46-35(49)33-19-30(24-47(33)36(32)50)48-37(51)34(28-17-13-26(22-43)14-18-28)31(23-44-48)27-15-11-25(21-42)12-16-27/h7,9,23,25-30,32-33H,4-6,8,10-20,24H2,1-3H3,(H,45,54)(H,46,49)(H,52,53)/b9-7-/t25?,26?,27?,28?,29-,30+,32+,33+,41-/m1/s1. The summed E-state index contributed by atoms with van der Waals surface area (Å²) in [6, 6.07) is 1.90. The monoisotopic (exact) mass is 757 g/mol. The van der Waals surface area contributed by atoms with Gasteiger partial charge in [-0.1, -0.05) is 25.0 Å². The second-order valence-corrected chi connectivity index (χ2v) is 17.4. The van der Waals surface area contributed by atoms with E-state index in [2.05, 4.69) is 22.8 Å². The van der Waals surface area contributed by atoms with Gasteiger partial charge >= 0.3 is 12.1 Å². The van der Waals surface area contributed by atoms with Gasteiger partial charge in [0.15, 0.2) is 0 Å². The Morgan fingerprint density at radius 1 is 0.964 bits per heavy atom. The number of amides is 3. The summed E-state index contributed by atoms with van der Waals surface area (Å²) in [4.78, 5) is 70.5. The molecule has 0 unspecified atom stereocenters. The summed E-state index contributed by atoms with van der Waals surface area (Å²) in [5.41, 5.74) is -1.03. The topological polar surface area (TPSA) is 208 Å². The number of aliphatic carboxylic acids is 1. The SMILES string of the molecule is CC(C)(C)OC(=O)N[C@H]1CCCCC/C=C\[C@@H]2C[C@@]2(C(=O)O)NC(=O)[C@@H]2C[C@H](n3ncc(C4CCC(C#N)CC4)c(C4CCC(C#N)CC4)c3=O)CN2C1=O. The third-order valence-corrected chi connectivity index (χ3v) is 12.4. The number of fused-ring (bicyclic) bond motifs is 2. The minimum absolute atomic E-state index is 0.0112. The van der Waals surface area contributed by atoms with Crippen LogP contribution in [0.1, 0.15) is 146 Å². The molecule has 0 spiro atoms. The number of carboxylic acid groups (broad SMARTS) is 1. The molecular formula is C41H55N7O7. The Balaban J connectivity index is 1.36. The van der Waals surface area contributed by atoms with Crippen molar-refractivity contribution in [1.29, 1.82) is 10.5 Å². The van der Waals surface area contributed by atoms with Crippen LogP contribution < -0.4 is 16.2 Å². The van der Waals surface area contributed by atoms with Crippen LogP contribution in [0.25, 0.3) is 0 Å². The first-order valence-corrected chi connectivity index (χ1v) is 20.2. The number of aromatic nitrogens is 2. The predicted octanol–water partition coefficient (Wildman–Crippen LogP) is 5.35. The van der Waals surface area contributed by atoms with Crippen LogP contribution in [-0.2, 0) is 19.1 Å². The van der Waals surface area contributed by atoms with E-state index in [0.29, 0.717) is 44.1 Å². The summed E-state index contributed by atoms with van der Waals surface area (Å²) >= 11 is 0. The lowest BCUT2D eigenvalue weighted by molar-refractivity contribution is -0.145. The molecule has 3 saturated carbocycles. The van der Waals surface area contributed by atoms with Crippen molar-refractivity contribution in [2.45, 2.75) is 158 Å². The van der Waals surface area contributed by atoms with Crippen molar-refractivity contribution < 1.29 is 29.0 Å². The minimum Gasteiger partial charge on any atom is -0.479 e. The number of nitrogens with one attached hydrogen (secondary N) is 2. The first-order valence-electron chi connectivity index (χ1n) is 20.2. The number of allylic oxidation sites excluding steroid dienone is 1. The van der Waals surface area contributed by atoms with Crippen molar-refractivity contribution in [3.63, 3.8) is 0 Å². The lowest BCUT2D eigenvalue weighted by Crippen LogP contribution is -2.56. The molecule has 0 aromatic carbocycles. The number of nitriles is 2. The Kier molecular flexibility index (Phi) is 12.0. The van der Waals surface area contributed by atoms with Crippen LogP contribution in [0, 0.1) is 40.4 Å². The molecule has 5 aliphatic rings. The third-order valence-electron chi connectivity index (χ3n) is 12.4. The Labute approximate surface area is 322 Å². The summed E-state index contributed by atoms with van der Waals surface area (Å²) in [7, 11) is 0. The summed E-state index contributed by atoms with van der Waals surface area (Å²) in [5.74, 6) is -2.75. The normalized spacial score (nSPS) is 33.6. The molecule has 3 heterocycles. The van der Waals surface area contributed by atoms with Crippen LogP contribution in [0.2, 0.25) is 0 Å². The highest BCUT2D eigenvalue weighted by Gasteiger charge is 2.61. The fourth-order valence-corrected chi connectivity index (χ4v) is 9.24. The van der Waals surface area contributed by atoms with Crippen LogP contribution in [0.4, 0.5) is 4.79 Å². The van der Waals surface area contributed by atoms with E-state index in [4.69, 9.17) is 9.84 Å². The zero-order chi connectivity index (χ0) is 39.5. The fourth-order valence-electron chi connectivity index (χ4n) is 9.24. The number of carbonyl (C=O) groups excluding carboxylic acids is 3. The molecule has 3 aliphatic carbocycles. The second-order valence-electron chi connectivity index (χ2n) is 17.4. The van der Waals surface area contributed by atoms with Crippen LogP contribution >= 0.6 is 0 Å². The highest BCUT2D eigenvalue weighted by Crippen LogP contribution is 2.46. The number of carbonyl (C=O) groups is 4. The van der Waals surface area contributed by atoms with Gasteiger partial charge in [0, 0.05) is 36.3 Å². The Morgan fingerprint density at radius 2 is 1.62 bits per heavy atom. The van der Waals surface area contributed by atoms with Crippen molar-refractivity contribution in [3.05, 3.63) is 39.8 Å². The molecule has 1 saturated heterocycles. The van der Waals surface area contributed by atoms with Gasteiger partial charge in [0.05, 0.1) is 24.4 Å². The van der Waals surface area contributed by atoms with E-state index in [1.807, 2.05) is 12.2 Å². The maximum atomic E-state index is 14.8. The molecule has 55 heavy (non-hydrogen) atoms. The van der Waals surface area contributed by atoms with E-state index in [0.717, 1.165) is 50.5 Å². The van der Waals surface area contributed by atoms with Crippen molar-refractivity contribution in [1.82, 2.24) is 25.3 Å². The van der Waals surface area contributed by atoms with Gasteiger partial charge in [-0.25, -0.2) is 14.3 Å². The largest absolute Gasteiger partial charge is 0.479 e. The molecule has 5 atom stereocenters. The molecule has 3 amide bonds. The summed E-state index contributed by atoms with van der Waals surface area (Å²) < 4.78 is 6.90. The highest BCUT2D eigenvalue weighted by molar-refractivity contribution is 5.96. The van der Waals surface area contributed by atoms with Crippen LogP contribution in [-0.4, -0.2) is 73.4 Å². The van der Waals surface area contributed by atoms with Gasteiger partial charge in [-0.2, -0.15) is 15.6 Å². The molecule has 14 heteroatoms. The maximum Gasteiger partial charge on any atom is 0.408 e. The lowest BCUT2D eigenvalue weighted by atomic mass is 9.73. The molecule has 6 rings (SSSR count). The Hall–Kier alpha value is -4.72. The van der Waals surface area contributed by atoms with E-state index in [1.54, 1.807) is 27.0 Å². The van der Waals surface area contributed by atoms with E-state index >= 15 is 0 Å². The fraction of sp³-hybridized carbons (Fsp3) is 0.707. The first-order chi connectivity index (χ1) is 26.2. The highest BCUT2D eigenvalue weighted by atomic mass is 16.6. The van der Waals surface area contributed by atoms with Gasteiger partial charge in [0.25, 0.3) is 5.56 Å². The number of alkyl carbamates (subject to hydrolysis) is 1. The number of carboxylic acids is 1. The van der Waals surface area contributed by atoms with Crippen molar-refractivity contribution in [3.8, 4) is 12.1 Å². The van der Waals surface area contributed by atoms with Crippen LogP contribution in [0.5, 0.6) is 0 Å². The van der Waals surface area contributed by atoms with E-state index in [9.17, 15) is 39.6 Å². The first kappa shape index (κ1) is 40.0. The average molecular weight is 758 g/mol. The summed E-state index contributed by atoms with van der Waals surface area (Å²) in [6.07, 6.45) is 14.0. The number of hydrogen-bond acceptors (Lipinski definition) is 9. The molecule has 1 aromatic heterocycles. The smallest absolute Gasteiger partial charge is 0.408 e. The molecule has 3 N–H and O–H groups in total. The zero-order valence-electron chi connectivity index (χ0n) is 32.3. The van der Waals surface area contributed by atoms with Crippen LogP contribution in [0.3, 0.4) is 0 Å². The van der Waals surface area contributed by atoms with Gasteiger partial charge in [0.1, 0.15) is 23.2 Å². The minimum atomic E-state index is -1.49. The van der Waals surface area contributed by atoms with Gasteiger partial charge in [-0.05, 0) is 115 Å². The molecule has 14 nitrogen and oxygen atoms in total. The molecule has 1 aromatic rings. The van der Waals surface area contributed by atoms with Gasteiger partial charge in [-0.15, -0.1) is 0 Å². The number of ether oxygens (including phenoxy) is 1. The predicted molar refractivity (Wildman–Crippen MR) is 200 cm³/mol. The van der Waals surface area contributed by atoms with Gasteiger partial charge in [0.2, 0.25) is 11.8 Å². The van der Waals surface area contributed by atoms with Crippen LogP contribution in [0.15, 0.2) is 23.1 Å². The summed E-state index contributed by atoms with van der Waals surface area (Å²) in [5, 5.41) is 39.6. The summed E-state index contributed by atoms with van der Waals surface area (Å²) in [6.45, 7) is 5.13. The molecule has 0 radical (unpaired) electrons. The van der Waals surface area contributed by atoms with Gasteiger partial charge in [-0.3, -0.25) is 14.4 Å². The van der Waals surface area contributed by atoms with Gasteiger partial charge < -0.3 is 25.4 Å². The molecule has 0 bridgehead atoms. The quantitative estimate of drug-likeness (QED) is 0.328. The molecule has 296 valence electrons. The molecular weight excluding hydrogens is 702 g/mol. The lowest BCUT2D eigenvalue weighted by Gasteiger charge is -2.31. The van der Waals surface area contributed by atoms with E-state index in [1.165, 1.54) is 9.58 Å². The Bertz CT molecular complexity index is 1810. The van der Waals surface area contributed by atoms with Crippen molar-refractivity contribution >= 4 is 23.9 Å².